The average molecular weight is 320 g/mol. The summed E-state index contributed by atoms with van der Waals surface area (Å²) in [6.07, 6.45) is 1.63. The Labute approximate surface area is 133 Å². The maximum Gasteiger partial charge on any atom is 0.317 e. The van der Waals surface area contributed by atoms with Crippen LogP contribution in [0, 0.1) is 0 Å². The van der Waals surface area contributed by atoms with E-state index in [-0.39, 0.29) is 6.03 Å². The second-order valence-electron chi connectivity index (χ2n) is 5.36. The SMILES string of the molecule is Cn1cnnc1CNC(=O)N1CCN(Cc2cccs2)CC1. The number of hydrogen-bond acceptors (Lipinski definition) is 5. The van der Waals surface area contributed by atoms with E-state index in [1.807, 2.05) is 11.9 Å². The molecule has 1 aliphatic heterocycles. The van der Waals surface area contributed by atoms with Gasteiger partial charge in [-0.1, -0.05) is 6.07 Å². The van der Waals surface area contributed by atoms with Gasteiger partial charge in [0.15, 0.2) is 5.82 Å². The number of nitrogens with one attached hydrogen (secondary N) is 1. The largest absolute Gasteiger partial charge is 0.331 e. The van der Waals surface area contributed by atoms with Crippen LogP contribution in [-0.4, -0.2) is 56.8 Å². The Kier molecular flexibility index (Phi) is 4.69. The maximum absolute atomic E-state index is 12.2. The van der Waals surface area contributed by atoms with Crippen molar-refractivity contribution in [3.05, 3.63) is 34.5 Å². The van der Waals surface area contributed by atoms with Gasteiger partial charge in [0.1, 0.15) is 6.33 Å². The Morgan fingerprint density at radius 1 is 1.36 bits per heavy atom. The molecule has 1 fully saturated rings. The molecule has 8 heteroatoms. The minimum absolute atomic E-state index is 0.0289. The Morgan fingerprint density at radius 2 is 2.18 bits per heavy atom. The summed E-state index contributed by atoms with van der Waals surface area (Å²) in [7, 11) is 1.87. The number of nitrogens with zero attached hydrogens (tertiary/aromatic N) is 5. The summed E-state index contributed by atoms with van der Waals surface area (Å²) in [6.45, 7) is 4.73. The van der Waals surface area contributed by atoms with Crippen molar-refractivity contribution >= 4 is 17.4 Å². The number of hydrogen-bond donors (Lipinski definition) is 1. The quantitative estimate of drug-likeness (QED) is 0.909. The highest BCUT2D eigenvalue weighted by Crippen LogP contribution is 2.13. The monoisotopic (exact) mass is 320 g/mol. The minimum Gasteiger partial charge on any atom is -0.331 e. The van der Waals surface area contributed by atoms with Crippen LogP contribution in [0.4, 0.5) is 4.79 Å². The summed E-state index contributed by atoms with van der Waals surface area (Å²) in [5.74, 6) is 0.754. The van der Waals surface area contributed by atoms with Crippen LogP contribution in [0.25, 0.3) is 0 Å². The minimum atomic E-state index is -0.0289. The molecule has 0 bridgehead atoms. The van der Waals surface area contributed by atoms with E-state index < -0.39 is 0 Å². The lowest BCUT2D eigenvalue weighted by molar-refractivity contribution is 0.135. The van der Waals surface area contributed by atoms with Crippen LogP contribution >= 0.6 is 11.3 Å². The standard InChI is InChI=1S/C14H20N6OS/c1-18-11-16-17-13(18)9-15-14(21)20-6-4-19(5-7-20)10-12-3-2-8-22-12/h2-3,8,11H,4-7,9-10H2,1H3,(H,15,21). The Hall–Kier alpha value is -1.93. The van der Waals surface area contributed by atoms with E-state index in [2.05, 4.69) is 37.9 Å². The number of urea groups is 1. The molecule has 2 aromatic rings. The van der Waals surface area contributed by atoms with E-state index in [4.69, 9.17) is 0 Å². The molecule has 0 aromatic carbocycles. The number of thiophene rings is 1. The molecule has 2 aromatic heterocycles. The molecule has 0 spiro atoms. The zero-order chi connectivity index (χ0) is 15.4. The predicted molar refractivity (Wildman–Crippen MR) is 84.4 cm³/mol. The molecule has 7 nitrogen and oxygen atoms in total. The molecule has 2 amide bonds. The van der Waals surface area contributed by atoms with E-state index in [1.54, 1.807) is 22.2 Å². The third-order valence-corrected chi connectivity index (χ3v) is 4.68. The molecule has 0 saturated carbocycles. The Morgan fingerprint density at radius 3 is 2.82 bits per heavy atom. The van der Waals surface area contributed by atoms with Crippen molar-refractivity contribution in [3.8, 4) is 0 Å². The molecular weight excluding hydrogens is 300 g/mol. The van der Waals surface area contributed by atoms with E-state index in [1.165, 1.54) is 4.88 Å². The van der Waals surface area contributed by atoms with Gasteiger partial charge in [0.25, 0.3) is 0 Å². The van der Waals surface area contributed by atoms with Gasteiger partial charge in [-0.3, -0.25) is 4.90 Å². The van der Waals surface area contributed by atoms with Gasteiger partial charge < -0.3 is 14.8 Å². The van der Waals surface area contributed by atoms with Crippen molar-refractivity contribution in [3.63, 3.8) is 0 Å². The molecule has 3 rings (SSSR count). The van der Waals surface area contributed by atoms with E-state index >= 15 is 0 Å². The van der Waals surface area contributed by atoms with Crippen LogP contribution in [0.5, 0.6) is 0 Å². The second kappa shape index (κ2) is 6.89. The average Bonchev–Trinajstić information content (AvgIpc) is 3.17. The van der Waals surface area contributed by atoms with Crippen LogP contribution in [0.3, 0.4) is 0 Å². The summed E-state index contributed by atoms with van der Waals surface area (Å²) in [6, 6.07) is 4.21. The molecular formula is C14H20N6OS. The van der Waals surface area contributed by atoms with E-state index in [0.717, 1.165) is 38.5 Å². The summed E-state index contributed by atoms with van der Waals surface area (Å²) in [5, 5.41) is 12.8. The molecule has 1 N–H and O–H groups in total. The van der Waals surface area contributed by atoms with Crippen molar-refractivity contribution in [1.82, 2.24) is 29.9 Å². The van der Waals surface area contributed by atoms with Gasteiger partial charge in [0.05, 0.1) is 6.54 Å². The summed E-state index contributed by atoms with van der Waals surface area (Å²) < 4.78 is 1.80. The number of amides is 2. The molecule has 0 radical (unpaired) electrons. The molecule has 3 heterocycles. The van der Waals surface area contributed by atoms with E-state index in [9.17, 15) is 4.79 Å². The van der Waals surface area contributed by atoms with Crippen LogP contribution in [-0.2, 0) is 20.1 Å². The first-order chi connectivity index (χ1) is 10.7. The Bertz CT molecular complexity index is 603. The Balaban J connectivity index is 1.42. The number of carbonyl (C=O) groups excluding carboxylic acids is 1. The van der Waals surface area contributed by atoms with Gasteiger partial charge in [-0.05, 0) is 11.4 Å². The predicted octanol–water partition coefficient (Wildman–Crippen LogP) is 0.904. The number of aromatic nitrogens is 3. The maximum atomic E-state index is 12.2. The van der Waals surface area contributed by atoms with Crippen molar-refractivity contribution < 1.29 is 4.79 Å². The normalized spacial score (nSPS) is 16.0. The fraction of sp³-hybridized carbons (Fsp3) is 0.500. The highest BCUT2D eigenvalue weighted by atomic mass is 32.1. The molecule has 1 saturated heterocycles. The highest BCUT2D eigenvalue weighted by molar-refractivity contribution is 7.09. The molecule has 118 valence electrons. The van der Waals surface area contributed by atoms with Gasteiger partial charge in [-0.2, -0.15) is 0 Å². The molecule has 0 aliphatic carbocycles. The van der Waals surface area contributed by atoms with Crippen LogP contribution in [0.1, 0.15) is 10.7 Å². The summed E-state index contributed by atoms with van der Waals surface area (Å²) >= 11 is 1.78. The van der Waals surface area contributed by atoms with Crippen molar-refractivity contribution in [2.24, 2.45) is 7.05 Å². The van der Waals surface area contributed by atoms with Gasteiger partial charge in [0.2, 0.25) is 0 Å². The lowest BCUT2D eigenvalue weighted by atomic mass is 10.3. The van der Waals surface area contributed by atoms with Gasteiger partial charge in [0, 0.05) is 44.6 Å². The van der Waals surface area contributed by atoms with Crippen LogP contribution in [0.2, 0.25) is 0 Å². The first-order valence-electron chi connectivity index (χ1n) is 7.33. The first kappa shape index (κ1) is 15.0. The van der Waals surface area contributed by atoms with Crippen LogP contribution in [0.15, 0.2) is 23.8 Å². The number of piperazine rings is 1. The lowest BCUT2D eigenvalue weighted by Crippen LogP contribution is -2.51. The third kappa shape index (κ3) is 3.63. The zero-order valence-corrected chi connectivity index (χ0v) is 13.4. The number of carbonyl (C=O) groups is 1. The first-order valence-corrected chi connectivity index (χ1v) is 8.21. The third-order valence-electron chi connectivity index (χ3n) is 3.82. The zero-order valence-electron chi connectivity index (χ0n) is 12.6. The topological polar surface area (TPSA) is 66.3 Å². The van der Waals surface area contributed by atoms with Gasteiger partial charge in [-0.15, -0.1) is 21.5 Å². The fourth-order valence-corrected chi connectivity index (χ4v) is 3.21. The number of rotatable bonds is 4. The lowest BCUT2D eigenvalue weighted by Gasteiger charge is -2.34. The summed E-state index contributed by atoms with van der Waals surface area (Å²) in [5.41, 5.74) is 0. The molecule has 0 unspecified atom stereocenters. The van der Waals surface area contributed by atoms with Gasteiger partial charge in [-0.25, -0.2) is 4.79 Å². The fourth-order valence-electron chi connectivity index (χ4n) is 2.47. The van der Waals surface area contributed by atoms with Crippen molar-refractivity contribution in [2.45, 2.75) is 13.1 Å². The molecule has 1 aliphatic rings. The second-order valence-corrected chi connectivity index (χ2v) is 6.39. The smallest absolute Gasteiger partial charge is 0.317 e. The van der Waals surface area contributed by atoms with E-state index in [0.29, 0.717) is 6.54 Å². The summed E-state index contributed by atoms with van der Waals surface area (Å²) in [4.78, 5) is 17.8. The highest BCUT2D eigenvalue weighted by Gasteiger charge is 2.21. The number of aryl methyl sites for hydroxylation is 1. The van der Waals surface area contributed by atoms with Crippen molar-refractivity contribution in [1.29, 1.82) is 0 Å². The van der Waals surface area contributed by atoms with Gasteiger partial charge >= 0.3 is 6.03 Å². The van der Waals surface area contributed by atoms with Crippen molar-refractivity contribution in [2.75, 3.05) is 26.2 Å². The molecule has 22 heavy (non-hydrogen) atoms. The molecule has 0 atom stereocenters. The van der Waals surface area contributed by atoms with Crippen LogP contribution < -0.4 is 5.32 Å².